The van der Waals surface area contributed by atoms with Gasteiger partial charge in [0.05, 0.1) is 16.6 Å². The van der Waals surface area contributed by atoms with E-state index in [1.165, 1.54) is 10.7 Å². The Kier molecular flexibility index (Phi) is 5.57. The van der Waals surface area contributed by atoms with Crippen LogP contribution in [0.15, 0.2) is 70.3 Å². The molecule has 2 aromatic heterocycles. The highest BCUT2D eigenvalue weighted by Crippen LogP contribution is 2.19. The molecule has 0 amide bonds. The second kappa shape index (κ2) is 8.45. The number of pyridine rings is 1. The second-order valence-corrected chi connectivity index (χ2v) is 7.40. The fourth-order valence-corrected chi connectivity index (χ4v) is 3.61. The number of H-pyrrole nitrogens is 1. The minimum Gasteiger partial charge on any atom is -0.489 e. The number of aromatic nitrogens is 3. The number of unbranched alkanes of at least 4 members (excludes halogenated alkanes) is 1. The molecule has 6 nitrogen and oxygen atoms in total. The molecule has 2 heterocycles. The largest absolute Gasteiger partial charge is 0.489 e. The molecule has 1 N–H and O–H groups in total. The lowest BCUT2D eigenvalue weighted by molar-refractivity contribution is 0.306. The molecule has 2 aromatic carbocycles. The summed E-state index contributed by atoms with van der Waals surface area (Å²) in [7, 11) is 1.72. The Bertz CT molecular complexity index is 1270. The van der Waals surface area contributed by atoms with Gasteiger partial charge in [-0.25, -0.2) is 4.68 Å². The molecule has 4 rings (SSSR count). The molecule has 0 aliphatic heterocycles. The number of ether oxygens (including phenoxy) is 1. The molecule has 0 aliphatic carbocycles. The molecule has 0 fully saturated rings. The topological polar surface area (TPSA) is 69.0 Å². The standard InChI is InChI=1S/C24H25N3O3/c1-3-4-10-21-23-20(15-22(28)26(21)2)25-27(24(23)29)18-11-13-19(14-12-18)30-16-17-8-6-5-7-9-17/h5-9,11-15,25H,3-4,10,16H2,1-2H3. The van der Waals surface area contributed by atoms with Crippen molar-refractivity contribution in [2.24, 2.45) is 7.05 Å². The van der Waals surface area contributed by atoms with Gasteiger partial charge in [-0.3, -0.25) is 14.7 Å². The van der Waals surface area contributed by atoms with E-state index in [-0.39, 0.29) is 11.1 Å². The Hall–Kier alpha value is -3.54. The van der Waals surface area contributed by atoms with Gasteiger partial charge in [-0.15, -0.1) is 0 Å². The zero-order chi connectivity index (χ0) is 21.1. The van der Waals surface area contributed by atoms with Crippen LogP contribution in [-0.4, -0.2) is 14.3 Å². The van der Waals surface area contributed by atoms with Crippen molar-refractivity contribution in [3.63, 3.8) is 0 Å². The van der Waals surface area contributed by atoms with Gasteiger partial charge in [0, 0.05) is 18.8 Å². The van der Waals surface area contributed by atoms with E-state index in [2.05, 4.69) is 12.0 Å². The molecule has 0 aliphatic rings. The van der Waals surface area contributed by atoms with E-state index in [0.29, 0.717) is 29.6 Å². The number of rotatable bonds is 7. The lowest BCUT2D eigenvalue weighted by Gasteiger charge is -2.08. The Morgan fingerprint density at radius 2 is 1.73 bits per heavy atom. The van der Waals surface area contributed by atoms with Crippen molar-refractivity contribution in [3.8, 4) is 11.4 Å². The molecule has 0 saturated heterocycles. The summed E-state index contributed by atoms with van der Waals surface area (Å²) in [6.45, 7) is 2.57. The number of aryl methyl sites for hydroxylation is 1. The molecule has 0 bridgehead atoms. The number of nitrogens with one attached hydrogen (secondary N) is 1. The Morgan fingerprint density at radius 3 is 2.43 bits per heavy atom. The molecular weight excluding hydrogens is 378 g/mol. The molecular formula is C24H25N3O3. The van der Waals surface area contributed by atoms with Crippen LogP contribution in [0.5, 0.6) is 5.75 Å². The van der Waals surface area contributed by atoms with Crippen LogP contribution in [0.4, 0.5) is 0 Å². The van der Waals surface area contributed by atoms with Gasteiger partial charge in [0.15, 0.2) is 0 Å². The average molecular weight is 403 g/mol. The predicted octanol–water partition coefficient (Wildman–Crippen LogP) is 3.94. The van der Waals surface area contributed by atoms with Crippen LogP contribution in [-0.2, 0) is 20.1 Å². The maximum Gasteiger partial charge on any atom is 0.280 e. The summed E-state index contributed by atoms with van der Waals surface area (Å²) in [5, 5.41) is 3.67. The monoisotopic (exact) mass is 403 g/mol. The summed E-state index contributed by atoms with van der Waals surface area (Å²) in [6.07, 6.45) is 2.61. The Labute approximate surface area is 174 Å². The van der Waals surface area contributed by atoms with Gasteiger partial charge in [0.2, 0.25) is 0 Å². The summed E-state index contributed by atoms with van der Waals surface area (Å²) in [5.41, 5.74) is 2.87. The van der Waals surface area contributed by atoms with Crippen molar-refractivity contribution < 1.29 is 4.74 Å². The Balaban J connectivity index is 1.65. The maximum absolute atomic E-state index is 13.2. The minimum absolute atomic E-state index is 0.119. The quantitative estimate of drug-likeness (QED) is 0.508. The first-order valence-electron chi connectivity index (χ1n) is 10.2. The molecule has 154 valence electrons. The van der Waals surface area contributed by atoms with Crippen LogP contribution in [0, 0.1) is 0 Å². The lowest BCUT2D eigenvalue weighted by atomic mass is 10.1. The Morgan fingerprint density at radius 1 is 1.00 bits per heavy atom. The fraction of sp³-hybridized carbons (Fsp3) is 0.250. The summed E-state index contributed by atoms with van der Waals surface area (Å²) in [5.74, 6) is 0.726. The zero-order valence-electron chi connectivity index (χ0n) is 17.2. The fourth-order valence-electron chi connectivity index (χ4n) is 3.61. The van der Waals surface area contributed by atoms with Gasteiger partial charge in [-0.05, 0) is 42.7 Å². The van der Waals surface area contributed by atoms with Gasteiger partial charge in [0.1, 0.15) is 12.4 Å². The van der Waals surface area contributed by atoms with Crippen LogP contribution in [0.1, 0.15) is 31.0 Å². The first-order valence-corrected chi connectivity index (χ1v) is 10.2. The van der Waals surface area contributed by atoms with E-state index in [9.17, 15) is 9.59 Å². The van der Waals surface area contributed by atoms with E-state index in [1.54, 1.807) is 11.6 Å². The molecule has 0 radical (unpaired) electrons. The van der Waals surface area contributed by atoms with E-state index in [1.807, 2.05) is 54.6 Å². The normalized spacial score (nSPS) is 11.1. The minimum atomic E-state index is -0.148. The number of fused-ring (bicyclic) bond motifs is 1. The number of hydrogen-bond donors (Lipinski definition) is 1. The zero-order valence-corrected chi connectivity index (χ0v) is 17.2. The number of nitrogens with zero attached hydrogens (tertiary/aromatic N) is 2. The summed E-state index contributed by atoms with van der Waals surface area (Å²) < 4.78 is 8.89. The van der Waals surface area contributed by atoms with Crippen molar-refractivity contribution in [2.45, 2.75) is 32.8 Å². The van der Waals surface area contributed by atoms with Crippen LogP contribution in [0.25, 0.3) is 16.6 Å². The maximum atomic E-state index is 13.2. The van der Waals surface area contributed by atoms with Crippen LogP contribution >= 0.6 is 0 Å². The summed E-state index contributed by atoms with van der Waals surface area (Å²) in [6, 6.07) is 18.8. The van der Waals surface area contributed by atoms with Gasteiger partial charge in [-0.1, -0.05) is 43.7 Å². The van der Waals surface area contributed by atoms with Crippen LogP contribution in [0.3, 0.4) is 0 Å². The smallest absolute Gasteiger partial charge is 0.280 e. The third-order valence-corrected chi connectivity index (χ3v) is 5.32. The van der Waals surface area contributed by atoms with Crippen molar-refractivity contribution in [1.29, 1.82) is 0 Å². The van der Waals surface area contributed by atoms with Crippen molar-refractivity contribution >= 4 is 10.9 Å². The van der Waals surface area contributed by atoms with E-state index >= 15 is 0 Å². The number of benzene rings is 2. The second-order valence-electron chi connectivity index (χ2n) is 7.40. The van der Waals surface area contributed by atoms with Crippen molar-refractivity contribution in [2.75, 3.05) is 0 Å². The highest BCUT2D eigenvalue weighted by atomic mass is 16.5. The highest BCUT2D eigenvalue weighted by Gasteiger charge is 2.16. The molecule has 30 heavy (non-hydrogen) atoms. The van der Waals surface area contributed by atoms with Crippen molar-refractivity contribution in [3.05, 3.63) is 92.6 Å². The number of aromatic amines is 1. The van der Waals surface area contributed by atoms with E-state index in [4.69, 9.17) is 4.74 Å². The molecule has 0 saturated carbocycles. The van der Waals surface area contributed by atoms with Gasteiger partial charge >= 0.3 is 0 Å². The first kappa shape index (κ1) is 19.8. The van der Waals surface area contributed by atoms with Gasteiger partial charge < -0.3 is 9.30 Å². The third-order valence-electron chi connectivity index (χ3n) is 5.32. The van der Waals surface area contributed by atoms with Gasteiger partial charge in [0.25, 0.3) is 11.1 Å². The predicted molar refractivity (Wildman–Crippen MR) is 119 cm³/mol. The number of hydrogen-bond acceptors (Lipinski definition) is 3. The average Bonchev–Trinajstić information content (AvgIpc) is 3.09. The van der Waals surface area contributed by atoms with Gasteiger partial charge in [-0.2, -0.15) is 0 Å². The van der Waals surface area contributed by atoms with Crippen LogP contribution < -0.4 is 15.9 Å². The van der Waals surface area contributed by atoms with Crippen molar-refractivity contribution in [1.82, 2.24) is 14.3 Å². The third kappa shape index (κ3) is 3.81. The molecule has 4 aromatic rings. The molecule has 0 unspecified atom stereocenters. The summed E-state index contributed by atoms with van der Waals surface area (Å²) >= 11 is 0. The molecule has 6 heteroatoms. The first-order chi connectivity index (χ1) is 14.6. The lowest BCUT2D eigenvalue weighted by Crippen LogP contribution is -2.22. The van der Waals surface area contributed by atoms with E-state index < -0.39 is 0 Å². The van der Waals surface area contributed by atoms with Crippen LogP contribution in [0.2, 0.25) is 0 Å². The molecule has 0 atom stereocenters. The highest BCUT2D eigenvalue weighted by molar-refractivity contribution is 5.80. The SMILES string of the molecule is CCCCc1c2c(=O)n(-c3ccc(OCc4ccccc4)cc3)[nH]c2cc(=O)n1C. The molecule has 0 spiro atoms. The summed E-state index contributed by atoms with van der Waals surface area (Å²) in [4.78, 5) is 25.5. The van der Waals surface area contributed by atoms with E-state index in [0.717, 1.165) is 29.8 Å².